The molecule has 0 bridgehead atoms. The minimum atomic E-state index is -0.466. The zero-order chi connectivity index (χ0) is 11.1. The molecule has 0 saturated carbocycles. The van der Waals surface area contributed by atoms with Gasteiger partial charge in [-0.25, -0.2) is 0 Å². The lowest BCUT2D eigenvalue weighted by molar-refractivity contribution is -0.0358. The number of hydrogen-bond acceptors (Lipinski definition) is 2. The number of hydrogen-bond donors (Lipinski definition) is 1. The van der Waals surface area contributed by atoms with E-state index in [2.05, 4.69) is 6.58 Å². The van der Waals surface area contributed by atoms with Gasteiger partial charge >= 0.3 is 0 Å². The van der Waals surface area contributed by atoms with Crippen molar-refractivity contribution in [3.63, 3.8) is 0 Å². The first-order valence-electron chi connectivity index (χ1n) is 5.18. The van der Waals surface area contributed by atoms with Gasteiger partial charge in [0.25, 0.3) is 0 Å². The van der Waals surface area contributed by atoms with Crippen molar-refractivity contribution in [2.45, 2.75) is 32.2 Å². The second kappa shape index (κ2) is 6.38. The molecule has 0 radical (unpaired) electrons. The van der Waals surface area contributed by atoms with E-state index in [-0.39, 0.29) is 6.10 Å². The summed E-state index contributed by atoms with van der Waals surface area (Å²) in [5.74, 6) is 0. The van der Waals surface area contributed by atoms with Crippen molar-refractivity contribution < 1.29 is 9.84 Å². The molecular weight excluding hydrogens is 188 g/mol. The summed E-state index contributed by atoms with van der Waals surface area (Å²) < 4.78 is 5.61. The molecule has 2 nitrogen and oxygen atoms in total. The van der Waals surface area contributed by atoms with Gasteiger partial charge in [0.2, 0.25) is 0 Å². The van der Waals surface area contributed by atoms with Crippen LogP contribution in [0.15, 0.2) is 43.0 Å². The molecule has 0 aliphatic carbocycles. The Labute approximate surface area is 91.2 Å². The summed E-state index contributed by atoms with van der Waals surface area (Å²) in [5, 5.41) is 9.45. The lowest BCUT2D eigenvalue weighted by Gasteiger charge is -2.19. The Morgan fingerprint density at radius 2 is 2.07 bits per heavy atom. The van der Waals surface area contributed by atoms with Crippen LogP contribution in [-0.2, 0) is 11.3 Å². The van der Waals surface area contributed by atoms with Gasteiger partial charge < -0.3 is 9.84 Å². The number of aliphatic hydroxyl groups is 1. The highest BCUT2D eigenvalue weighted by atomic mass is 16.5. The number of aliphatic hydroxyl groups excluding tert-OH is 1. The van der Waals surface area contributed by atoms with Crippen LogP contribution in [0, 0.1) is 0 Å². The monoisotopic (exact) mass is 206 g/mol. The molecule has 1 N–H and O–H groups in total. The van der Waals surface area contributed by atoms with E-state index in [0.29, 0.717) is 13.0 Å². The average molecular weight is 206 g/mol. The first-order valence-corrected chi connectivity index (χ1v) is 5.18. The van der Waals surface area contributed by atoms with Crippen LogP contribution in [-0.4, -0.2) is 17.3 Å². The summed E-state index contributed by atoms with van der Waals surface area (Å²) >= 11 is 0. The third-order valence-corrected chi connectivity index (χ3v) is 2.24. The summed E-state index contributed by atoms with van der Waals surface area (Å²) in [4.78, 5) is 0. The molecule has 0 aliphatic heterocycles. The Balaban J connectivity index is 2.43. The largest absolute Gasteiger partial charge is 0.391 e. The maximum atomic E-state index is 9.45. The van der Waals surface area contributed by atoms with Crippen LogP contribution in [0.4, 0.5) is 0 Å². The third kappa shape index (κ3) is 4.28. The fourth-order valence-corrected chi connectivity index (χ4v) is 1.35. The number of rotatable bonds is 6. The average Bonchev–Trinajstić information content (AvgIpc) is 2.25. The predicted octanol–water partition coefficient (Wildman–Crippen LogP) is 2.53. The molecule has 1 rings (SSSR count). The van der Waals surface area contributed by atoms with Gasteiger partial charge in [-0.1, -0.05) is 36.4 Å². The molecule has 0 aliphatic rings. The molecule has 15 heavy (non-hydrogen) atoms. The quantitative estimate of drug-likeness (QED) is 0.725. The summed E-state index contributed by atoms with van der Waals surface area (Å²) in [6.45, 7) is 5.91. The van der Waals surface area contributed by atoms with Gasteiger partial charge in [-0.15, -0.1) is 6.58 Å². The van der Waals surface area contributed by atoms with E-state index in [1.54, 1.807) is 13.0 Å². The summed E-state index contributed by atoms with van der Waals surface area (Å²) in [6, 6.07) is 9.94. The zero-order valence-corrected chi connectivity index (χ0v) is 9.10. The standard InChI is InChI=1S/C13H18O2/c1-3-7-13(11(2)14)15-10-12-8-5-4-6-9-12/h3-6,8-9,11,13-14H,1,7,10H2,2H3/t11-,13?/m0/s1. The molecule has 2 heteroatoms. The van der Waals surface area contributed by atoms with E-state index in [1.807, 2.05) is 30.3 Å². The van der Waals surface area contributed by atoms with E-state index < -0.39 is 6.10 Å². The Kier molecular flexibility index (Phi) is 5.08. The minimum Gasteiger partial charge on any atom is -0.391 e. The fourth-order valence-electron chi connectivity index (χ4n) is 1.35. The molecule has 0 aromatic heterocycles. The van der Waals surface area contributed by atoms with Crippen molar-refractivity contribution in [3.05, 3.63) is 48.6 Å². The van der Waals surface area contributed by atoms with Crippen LogP contribution in [0.1, 0.15) is 18.9 Å². The van der Waals surface area contributed by atoms with Crippen LogP contribution >= 0.6 is 0 Å². The second-order valence-electron chi connectivity index (χ2n) is 3.60. The number of ether oxygens (including phenoxy) is 1. The van der Waals surface area contributed by atoms with Crippen molar-refractivity contribution in [2.24, 2.45) is 0 Å². The molecule has 1 aromatic carbocycles. The molecule has 82 valence electrons. The van der Waals surface area contributed by atoms with Crippen molar-refractivity contribution in [3.8, 4) is 0 Å². The highest BCUT2D eigenvalue weighted by molar-refractivity contribution is 5.13. The Hall–Kier alpha value is -1.12. The van der Waals surface area contributed by atoms with Crippen LogP contribution in [0.2, 0.25) is 0 Å². The molecular formula is C13H18O2. The molecule has 1 aromatic rings. The van der Waals surface area contributed by atoms with E-state index in [0.717, 1.165) is 5.56 Å². The molecule has 0 spiro atoms. The Morgan fingerprint density at radius 3 is 2.60 bits per heavy atom. The molecule has 0 heterocycles. The van der Waals surface area contributed by atoms with Crippen molar-refractivity contribution in [1.29, 1.82) is 0 Å². The molecule has 0 fully saturated rings. The van der Waals surface area contributed by atoms with E-state index in [1.165, 1.54) is 0 Å². The molecule has 0 saturated heterocycles. The lowest BCUT2D eigenvalue weighted by Crippen LogP contribution is -2.25. The van der Waals surface area contributed by atoms with Gasteiger partial charge in [0.1, 0.15) is 0 Å². The molecule has 0 amide bonds. The number of benzene rings is 1. The lowest BCUT2D eigenvalue weighted by atomic mass is 10.1. The second-order valence-corrected chi connectivity index (χ2v) is 3.60. The van der Waals surface area contributed by atoms with Crippen LogP contribution in [0.25, 0.3) is 0 Å². The minimum absolute atomic E-state index is 0.164. The van der Waals surface area contributed by atoms with E-state index in [4.69, 9.17) is 4.74 Å². The Bertz CT molecular complexity index is 280. The van der Waals surface area contributed by atoms with Crippen molar-refractivity contribution in [1.82, 2.24) is 0 Å². The van der Waals surface area contributed by atoms with Crippen molar-refractivity contribution in [2.75, 3.05) is 0 Å². The first-order chi connectivity index (χ1) is 7.24. The highest BCUT2D eigenvalue weighted by Crippen LogP contribution is 2.09. The topological polar surface area (TPSA) is 29.5 Å². The SMILES string of the molecule is C=CCC(OCc1ccccc1)[C@H](C)O. The van der Waals surface area contributed by atoms with Gasteiger partial charge in [0, 0.05) is 0 Å². The zero-order valence-electron chi connectivity index (χ0n) is 9.10. The van der Waals surface area contributed by atoms with Crippen LogP contribution in [0.3, 0.4) is 0 Å². The Morgan fingerprint density at radius 1 is 1.40 bits per heavy atom. The molecule has 1 unspecified atom stereocenters. The van der Waals surface area contributed by atoms with Crippen LogP contribution < -0.4 is 0 Å². The van der Waals surface area contributed by atoms with Crippen molar-refractivity contribution >= 4 is 0 Å². The molecule has 2 atom stereocenters. The highest BCUT2D eigenvalue weighted by Gasteiger charge is 2.13. The van der Waals surface area contributed by atoms with Gasteiger partial charge in [-0.2, -0.15) is 0 Å². The van der Waals surface area contributed by atoms with Gasteiger partial charge in [-0.05, 0) is 18.9 Å². The maximum Gasteiger partial charge on any atom is 0.0869 e. The van der Waals surface area contributed by atoms with E-state index >= 15 is 0 Å². The van der Waals surface area contributed by atoms with Gasteiger partial charge in [0.05, 0.1) is 18.8 Å². The fraction of sp³-hybridized carbons (Fsp3) is 0.385. The van der Waals surface area contributed by atoms with Crippen LogP contribution in [0.5, 0.6) is 0 Å². The van der Waals surface area contributed by atoms with Gasteiger partial charge in [-0.3, -0.25) is 0 Å². The normalized spacial score (nSPS) is 14.5. The van der Waals surface area contributed by atoms with E-state index in [9.17, 15) is 5.11 Å². The smallest absolute Gasteiger partial charge is 0.0869 e. The summed E-state index contributed by atoms with van der Waals surface area (Å²) in [5.41, 5.74) is 1.12. The summed E-state index contributed by atoms with van der Waals surface area (Å²) in [7, 11) is 0. The third-order valence-electron chi connectivity index (χ3n) is 2.24. The van der Waals surface area contributed by atoms with Gasteiger partial charge in [0.15, 0.2) is 0 Å². The maximum absolute atomic E-state index is 9.45. The first kappa shape index (κ1) is 12.0. The predicted molar refractivity (Wildman–Crippen MR) is 61.5 cm³/mol. The summed E-state index contributed by atoms with van der Waals surface area (Å²) in [6.07, 6.45) is 1.81.